The summed E-state index contributed by atoms with van der Waals surface area (Å²) in [5.41, 5.74) is 4.02. The van der Waals surface area contributed by atoms with E-state index < -0.39 is 10.0 Å². The van der Waals surface area contributed by atoms with Gasteiger partial charge in [0.2, 0.25) is 0 Å². The second kappa shape index (κ2) is 6.56. The number of aryl methyl sites for hydroxylation is 2. The molecule has 0 spiro atoms. The molecular formula is C20H19ClN2O2S. The number of nitrogens with zero attached hydrogens (tertiary/aromatic N) is 2. The molecule has 3 aromatic rings. The van der Waals surface area contributed by atoms with E-state index >= 15 is 0 Å². The SMILES string of the molecule is Cc1ccc(S(=O)(=O)n2cc3c(n2)CCCC3c2ccc(Cl)cc2)cc1. The first-order chi connectivity index (χ1) is 12.4. The van der Waals surface area contributed by atoms with Crippen LogP contribution in [0.2, 0.25) is 5.02 Å². The summed E-state index contributed by atoms with van der Waals surface area (Å²) in [5.74, 6) is 0.151. The van der Waals surface area contributed by atoms with Crippen LogP contribution in [0.5, 0.6) is 0 Å². The summed E-state index contributed by atoms with van der Waals surface area (Å²) in [5, 5.41) is 5.11. The lowest BCUT2D eigenvalue weighted by Crippen LogP contribution is -2.13. The van der Waals surface area contributed by atoms with Gasteiger partial charge in [-0.25, -0.2) is 0 Å². The maximum absolute atomic E-state index is 12.9. The van der Waals surface area contributed by atoms with Crippen molar-refractivity contribution in [3.05, 3.63) is 82.1 Å². The maximum Gasteiger partial charge on any atom is 0.282 e. The molecule has 6 heteroatoms. The minimum Gasteiger partial charge on any atom is -0.199 e. The van der Waals surface area contributed by atoms with Crippen LogP contribution in [-0.2, 0) is 16.4 Å². The van der Waals surface area contributed by atoms with Crippen molar-refractivity contribution in [3.63, 3.8) is 0 Å². The normalized spacial score (nSPS) is 17.1. The number of benzene rings is 2. The lowest BCUT2D eigenvalue weighted by Gasteiger charge is -2.21. The van der Waals surface area contributed by atoms with Crippen molar-refractivity contribution in [2.45, 2.75) is 37.0 Å². The van der Waals surface area contributed by atoms with Gasteiger partial charge in [-0.1, -0.05) is 41.4 Å². The molecule has 1 atom stereocenters. The van der Waals surface area contributed by atoms with Gasteiger partial charge in [0, 0.05) is 22.7 Å². The molecule has 134 valence electrons. The van der Waals surface area contributed by atoms with E-state index in [4.69, 9.17) is 11.6 Å². The van der Waals surface area contributed by atoms with Crippen molar-refractivity contribution in [1.29, 1.82) is 0 Å². The minimum absolute atomic E-state index is 0.151. The molecule has 2 aromatic carbocycles. The van der Waals surface area contributed by atoms with Crippen LogP contribution in [0.1, 0.15) is 41.1 Å². The van der Waals surface area contributed by atoms with Crippen molar-refractivity contribution >= 4 is 21.6 Å². The largest absolute Gasteiger partial charge is 0.282 e. The number of aromatic nitrogens is 2. The third kappa shape index (κ3) is 3.06. The third-order valence-corrected chi connectivity index (χ3v) is 6.72. The molecule has 0 saturated carbocycles. The van der Waals surface area contributed by atoms with Gasteiger partial charge in [0.1, 0.15) is 0 Å². The van der Waals surface area contributed by atoms with Gasteiger partial charge in [-0.15, -0.1) is 0 Å². The summed E-state index contributed by atoms with van der Waals surface area (Å²) in [6.07, 6.45) is 4.45. The van der Waals surface area contributed by atoms with Gasteiger partial charge in [-0.2, -0.15) is 17.6 Å². The van der Waals surface area contributed by atoms with E-state index in [-0.39, 0.29) is 10.8 Å². The van der Waals surface area contributed by atoms with Gasteiger partial charge in [0.15, 0.2) is 0 Å². The van der Waals surface area contributed by atoms with Crippen LogP contribution in [0.25, 0.3) is 0 Å². The van der Waals surface area contributed by atoms with Crippen LogP contribution in [0.4, 0.5) is 0 Å². The summed E-state index contributed by atoms with van der Waals surface area (Å²) in [6, 6.07) is 14.6. The Hall–Kier alpha value is -2.11. The molecule has 0 aliphatic heterocycles. The van der Waals surface area contributed by atoms with Crippen LogP contribution < -0.4 is 0 Å². The fraction of sp³-hybridized carbons (Fsp3) is 0.250. The van der Waals surface area contributed by atoms with Crippen molar-refractivity contribution in [2.24, 2.45) is 0 Å². The van der Waals surface area contributed by atoms with E-state index in [1.54, 1.807) is 30.5 Å². The summed E-state index contributed by atoms with van der Waals surface area (Å²) in [4.78, 5) is 0.256. The Balaban J connectivity index is 1.75. The zero-order valence-electron chi connectivity index (χ0n) is 14.4. The molecular weight excluding hydrogens is 368 g/mol. The Morgan fingerprint density at radius 1 is 1.08 bits per heavy atom. The van der Waals surface area contributed by atoms with E-state index in [0.717, 1.165) is 45.7 Å². The average Bonchev–Trinajstić information content (AvgIpc) is 3.08. The fourth-order valence-electron chi connectivity index (χ4n) is 3.50. The molecule has 1 unspecified atom stereocenters. The highest BCUT2D eigenvalue weighted by molar-refractivity contribution is 7.89. The number of rotatable bonds is 3. The second-order valence-electron chi connectivity index (χ2n) is 6.72. The van der Waals surface area contributed by atoms with E-state index in [9.17, 15) is 8.42 Å². The Bertz CT molecular complexity index is 1040. The van der Waals surface area contributed by atoms with Gasteiger partial charge in [0.25, 0.3) is 10.0 Å². The topological polar surface area (TPSA) is 52.0 Å². The van der Waals surface area contributed by atoms with E-state index in [0.29, 0.717) is 5.02 Å². The van der Waals surface area contributed by atoms with E-state index in [1.807, 2.05) is 31.2 Å². The summed E-state index contributed by atoms with van der Waals surface area (Å²) < 4.78 is 27.0. The first kappa shape index (κ1) is 17.3. The first-order valence-electron chi connectivity index (χ1n) is 8.61. The lowest BCUT2D eigenvalue weighted by atomic mass is 9.82. The quantitative estimate of drug-likeness (QED) is 0.663. The van der Waals surface area contributed by atoms with Crippen LogP contribution in [0.15, 0.2) is 59.6 Å². The molecule has 0 saturated heterocycles. The predicted molar refractivity (Wildman–Crippen MR) is 102 cm³/mol. The van der Waals surface area contributed by atoms with Crippen LogP contribution >= 0.6 is 11.6 Å². The molecule has 4 nitrogen and oxygen atoms in total. The minimum atomic E-state index is -3.68. The molecule has 0 bridgehead atoms. The first-order valence-corrected chi connectivity index (χ1v) is 10.4. The van der Waals surface area contributed by atoms with Crippen molar-refractivity contribution in [1.82, 2.24) is 9.19 Å². The molecule has 1 heterocycles. The molecule has 4 rings (SSSR count). The highest BCUT2D eigenvalue weighted by Crippen LogP contribution is 2.37. The summed E-state index contributed by atoms with van der Waals surface area (Å²) in [6.45, 7) is 1.93. The van der Waals surface area contributed by atoms with Crippen molar-refractivity contribution in [3.8, 4) is 0 Å². The average molecular weight is 387 g/mol. The third-order valence-electron chi connectivity index (χ3n) is 4.92. The number of hydrogen-bond donors (Lipinski definition) is 0. The van der Waals surface area contributed by atoms with Crippen molar-refractivity contribution < 1.29 is 8.42 Å². The molecule has 0 amide bonds. The molecule has 0 fully saturated rings. The number of fused-ring (bicyclic) bond motifs is 1. The van der Waals surface area contributed by atoms with Gasteiger partial charge in [-0.05, 0) is 56.0 Å². The molecule has 1 aromatic heterocycles. The highest BCUT2D eigenvalue weighted by Gasteiger charge is 2.28. The zero-order valence-corrected chi connectivity index (χ0v) is 16.0. The second-order valence-corrected chi connectivity index (χ2v) is 8.95. The van der Waals surface area contributed by atoms with Gasteiger partial charge in [0.05, 0.1) is 10.6 Å². The molecule has 1 aliphatic rings. The Labute approximate surface area is 158 Å². The molecule has 0 N–H and O–H groups in total. The van der Waals surface area contributed by atoms with Gasteiger partial charge in [-0.3, -0.25) is 0 Å². The predicted octanol–water partition coefficient (Wildman–Crippen LogP) is 4.55. The van der Waals surface area contributed by atoms with Gasteiger partial charge < -0.3 is 0 Å². The smallest absolute Gasteiger partial charge is 0.199 e. The van der Waals surface area contributed by atoms with Crippen LogP contribution in [-0.4, -0.2) is 17.6 Å². The summed E-state index contributed by atoms with van der Waals surface area (Å²) >= 11 is 6.00. The Morgan fingerprint density at radius 2 is 1.77 bits per heavy atom. The zero-order chi connectivity index (χ0) is 18.3. The van der Waals surface area contributed by atoms with Crippen LogP contribution in [0, 0.1) is 6.92 Å². The van der Waals surface area contributed by atoms with E-state index in [1.165, 1.54) is 0 Å². The molecule has 26 heavy (non-hydrogen) atoms. The molecule has 0 radical (unpaired) electrons. The maximum atomic E-state index is 12.9. The standard InChI is InChI=1S/C20H19ClN2O2S/c1-14-5-11-17(12-6-14)26(24,25)23-13-19-18(3-2-4-20(19)22-23)15-7-9-16(21)10-8-15/h5-13,18H,2-4H2,1H3. The number of hydrogen-bond acceptors (Lipinski definition) is 3. The molecule has 1 aliphatic carbocycles. The van der Waals surface area contributed by atoms with E-state index in [2.05, 4.69) is 5.10 Å². The lowest BCUT2D eigenvalue weighted by molar-refractivity contribution is 0.578. The van der Waals surface area contributed by atoms with Crippen molar-refractivity contribution in [2.75, 3.05) is 0 Å². The fourth-order valence-corrected chi connectivity index (χ4v) is 4.78. The van der Waals surface area contributed by atoms with Crippen LogP contribution in [0.3, 0.4) is 0 Å². The van der Waals surface area contributed by atoms with Gasteiger partial charge >= 0.3 is 0 Å². The number of halogens is 1. The Morgan fingerprint density at radius 3 is 2.46 bits per heavy atom. The summed E-state index contributed by atoms with van der Waals surface area (Å²) in [7, 11) is -3.68. The Kier molecular flexibility index (Phi) is 4.37. The monoisotopic (exact) mass is 386 g/mol. The highest BCUT2D eigenvalue weighted by atomic mass is 35.5.